The minimum atomic E-state index is -0.846. The number of rotatable bonds is 1. The lowest BCUT2D eigenvalue weighted by atomic mass is 9.74. The molecular weight excluding hydrogens is 260 g/mol. The molecule has 1 heterocycles. The number of phenolic OH excluding ortho intramolecular Hbond substituents is 1. The number of methoxy groups -OCH3 is 1. The Kier molecular flexibility index (Phi) is 2.94. The summed E-state index contributed by atoms with van der Waals surface area (Å²) in [6, 6.07) is 2.98. The number of carbonyl (C=O) groups is 1. The molecule has 0 spiro atoms. The van der Waals surface area contributed by atoms with Gasteiger partial charge in [0.05, 0.1) is 31.1 Å². The Morgan fingerprint density at radius 3 is 2.85 bits per heavy atom. The van der Waals surface area contributed by atoms with Gasteiger partial charge in [0.2, 0.25) is 0 Å². The number of ether oxygens (including phenoxy) is 2. The number of aliphatic hydroxyl groups is 1. The van der Waals surface area contributed by atoms with Crippen LogP contribution in [0.15, 0.2) is 24.0 Å². The zero-order chi connectivity index (χ0) is 14.4. The normalized spacial score (nSPS) is 28.1. The summed E-state index contributed by atoms with van der Waals surface area (Å²) >= 11 is 0. The van der Waals surface area contributed by atoms with Crippen molar-refractivity contribution in [2.24, 2.45) is 5.92 Å². The molecule has 0 radical (unpaired) electrons. The van der Waals surface area contributed by atoms with Crippen molar-refractivity contribution in [3.8, 4) is 11.5 Å². The van der Waals surface area contributed by atoms with E-state index in [1.54, 1.807) is 6.07 Å². The second-order valence-corrected chi connectivity index (χ2v) is 5.25. The fraction of sp³-hybridized carbons (Fsp3) is 0.400. The molecule has 2 N–H and O–H groups in total. The monoisotopic (exact) mass is 276 g/mol. The third-order valence-corrected chi connectivity index (χ3v) is 3.96. The Bertz CT molecular complexity index is 605. The second-order valence-electron chi connectivity index (χ2n) is 5.25. The van der Waals surface area contributed by atoms with Crippen molar-refractivity contribution >= 4 is 5.78 Å². The number of hydrogen-bond donors (Lipinski definition) is 2. The standard InChI is InChI=1S/C15H16O5/c1-7-3-9-11(6-20-7)15(18)13-10(14(9)17)4-8(19-2)5-12(13)16/h4-7,9,14,16-17H,3H2,1-2H3. The molecule has 106 valence electrons. The van der Waals surface area contributed by atoms with Crippen molar-refractivity contribution in [1.29, 1.82) is 0 Å². The van der Waals surface area contributed by atoms with Crippen LogP contribution in [0.4, 0.5) is 0 Å². The Morgan fingerprint density at radius 2 is 2.15 bits per heavy atom. The van der Waals surface area contributed by atoms with Crippen LogP contribution in [0.1, 0.15) is 35.4 Å². The Labute approximate surface area is 116 Å². The molecule has 0 fully saturated rings. The molecular formula is C15H16O5. The summed E-state index contributed by atoms with van der Waals surface area (Å²) in [6.07, 6.45) is 1.08. The highest BCUT2D eigenvalue weighted by atomic mass is 16.5. The Balaban J connectivity index is 2.17. The van der Waals surface area contributed by atoms with Crippen LogP contribution in [-0.4, -0.2) is 29.2 Å². The van der Waals surface area contributed by atoms with Crippen molar-refractivity contribution in [1.82, 2.24) is 0 Å². The van der Waals surface area contributed by atoms with E-state index in [1.807, 2.05) is 6.92 Å². The summed E-state index contributed by atoms with van der Waals surface area (Å²) in [5.41, 5.74) is 0.977. The lowest BCUT2D eigenvalue weighted by Gasteiger charge is -2.36. The van der Waals surface area contributed by atoms with Crippen LogP contribution < -0.4 is 4.74 Å². The largest absolute Gasteiger partial charge is 0.507 e. The number of phenols is 1. The molecule has 5 nitrogen and oxygen atoms in total. The van der Waals surface area contributed by atoms with Crippen molar-refractivity contribution in [2.75, 3.05) is 7.11 Å². The fourth-order valence-electron chi connectivity index (χ4n) is 2.92. The molecule has 1 aliphatic heterocycles. The zero-order valence-electron chi connectivity index (χ0n) is 11.3. The van der Waals surface area contributed by atoms with E-state index in [4.69, 9.17) is 9.47 Å². The third kappa shape index (κ3) is 1.78. The van der Waals surface area contributed by atoms with Gasteiger partial charge in [-0.3, -0.25) is 4.79 Å². The summed E-state index contributed by atoms with van der Waals surface area (Å²) in [4.78, 5) is 12.5. The molecule has 1 aromatic carbocycles. The highest BCUT2D eigenvalue weighted by molar-refractivity contribution is 6.13. The molecule has 0 aromatic heterocycles. The predicted octanol–water partition coefficient (Wildman–Crippen LogP) is 1.94. The van der Waals surface area contributed by atoms with Gasteiger partial charge in [0.25, 0.3) is 0 Å². The second kappa shape index (κ2) is 4.52. The summed E-state index contributed by atoms with van der Waals surface area (Å²) in [5, 5.41) is 20.5. The van der Waals surface area contributed by atoms with Crippen molar-refractivity contribution in [3.63, 3.8) is 0 Å². The molecule has 20 heavy (non-hydrogen) atoms. The van der Waals surface area contributed by atoms with Crippen molar-refractivity contribution in [3.05, 3.63) is 35.1 Å². The molecule has 0 saturated carbocycles. The van der Waals surface area contributed by atoms with E-state index in [1.165, 1.54) is 19.4 Å². The maximum Gasteiger partial charge on any atom is 0.196 e. The number of fused-ring (bicyclic) bond motifs is 2. The highest BCUT2D eigenvalue weighted by Crippen LogP contribution is 2.46. The molecule has 3 atom stereocenters. The first kappa shape index (κ1) is 13.0. The third-order valence-electron chi connectivity index (χ3n) is 3.96. The molecule has 3 unspecified atom stereocenters. The zero-order valence-corrected chi connectivity index (χ0v) is 11.3. The van der Waals surface area contributed by atoms with E-state index in [0.717, 1.165) is 0 Å². The van der Waals surface area contributed by atoms with Gasteiger partial charge in [0, 0.05) is 17.6 Å². The van der Waals surface area contributed by atoms with E-state index in [2.05, 4.69) is 0 Å². The van der Waals surface area contributed by atoms with Gasteiger partial charge in [-0.15, -0.1) is 0 Å². The average molecular weight is 276 g/mol. The van der Waals surface area contributed by atoms with Crippen LogP contribution >= 0.6 is 0 Å². The predicted molar refractivity (Wildman–Crippen MR) is 70.7 cm³/mol. The van der Waals surface area contributed by atoms with Gasteiger partial charge in [-0.25, -0.2) is 0 Å². The van der Waals surface area contributed by atoms with Crippen molar-refractivity contribution < 1.29 is 24.5 Å². The van der Waals surface area contributed by atoms with Crippen LogP contribution in [0.3, 0.4) is 0 Å². The fourth-order valence-corrected chi connectivity index (χ4v) is 2.92. The summed E-state index contributed by atoms with van der Waals surface area (Å²) in [7, 11) is 1.47. The van der Waals surface area contributed by atoms with E-state index in [9.17, 15) is 15.0 Å². The van der Waals surface area contributed by atoms with E-state index < -0.39 is 6.10 Å². The SMILES string of the molecule is COc1cc(O)c2c(c1)C(O)C1CC(C)OC=C1C2=O. The van der Waals surface area contributed by atoms with Crippen LogP contribution in [-0.2, 0) is 4.74 Å². The molecule has 3 rings (SSSR count). The van der Waals surface area contributed by atoms with E-state index in [-0.39, 0.29) is 29.1 Å². The average Bonchev–Trinajstić information content (AvgIpc) is 2.43. The van der Waals surface area contributed by atoms with Crippen LogP contribution in [0, 0.1) is 5.92 Å². The first-order valence-corrected chi connectivity index (χ1v) is 6.52. The van der Waals surface area contributed by atoms with E-state index >= 15 is 0 Å². The van der Waals surface area contributed by atoms with Crippen LogP contribution in [0.25, 0.3) is 0 Å². The molecule has 0 saturated heterocycles. The number of ketones is 1. The molecule has 0 bridgehead atoms. The first-order chi connectivity index (χ1) is 9.52. The molecule has 5 heteroatoms. The smallest absolute Gasteiger partial charge is 0.196 e. The number of aromatic hydroxyl groups is 1. The van der Waals surface area contributed by atoms with Crippen molar-refractivity contribution in [2.45, 2.75) is 25.6 Å². The van der Waals surface area contributed by atoms with Gasteiger partial charge in [-0.05, 0) is 25.0 Å². The summed E-state index contributed by atoms with van der Waals surface area (Å²) < 4.78 is 10.4. The van der Waals surface area contributed by atoms with Crippen LogP contribution in [0.5, 0.6) is 11.5 Å². The first-order valence-electron chi connectivity index (χ1n) is 6.52. The number of carbonyl (C=O) groups excluding carboxylic acids is 1. The van der Waals surface area contributed by atoms with E-state index in [0.29, 0.717) is 23.3 Å². The Hall–Kier alpha value is -2.01. The molecule has 2 aliphatic rings. The molecule has 1 aromatic rings. The summed E-state index contributed by atoms with van der Waals surface area (Å²) in [6.45, 7) is 1.89. The van der Waals surface area contributed by atoms with Gasteiger partial charge >= 0.3 is 0 Å². The molecule has 0 amide bonds. The summed E-state index contributed by atoms with van der Waals surface area (Å²) in [5.74, 6) is -0.352. The lowest BCUT2D eigenvalue weighted by molar-refractivity contribution is 0.0434. The molecule has 1 aliphatic carbocycles. The highest BCUT2D eigenvalue weighted by Gasteiger charge is 2.42. The van der Waals surface area contributed by atoms with Gasteiger partial charge in [0.1, 0.15) is 11.5 Å². The van der Waals surface area contributed by atoms with Gasteiger partial charge in [0.15, 0.2) is 5.78 Å². The maximum absolute atomic E-state index is 12.5. The quantitative estimate of drug-likeness (QED) is 0.819. The number of hydrogen-bond acceptors (Lipinski definition) is 5. The lowest BCUT2D eigenvalue weighted by Crippen LogP contribution is -2.33. The van der Waals surface area contributed by atoms with Gasteiger partial charge in [-0.2, -0.15) is 0 Å². The topological polar surface area (TPSA) is 76.0 Å². The maximum atomic E-state index is 12.5. The van der Waals surface area contributed by atoms with Gasteiger partial charge in [-0.1, -0.05) is 0 Å². The minimum absolute atomic E-state index is 0.0491. The minimum Gasteiger partial charge on any atom is -0.507 e. The number of aliphatic hydroxyl groups excluding tert-OH is 1. The Morgan fingerprint density at radius 1 is 1.40 bits per heavy atom. The van der Waals surface area contributed by atoms with Gasteiger partial charge < -0.3 is 19.7 Å². The van der Waals surface area contributed by atoms with Crippen LogP contribution in [0.2, 0.25) is 0 Å². The number of Topliss-reactive ketones (excluding diaryl/α,β-unsaturated/α-hetero) is 1. The number of benzene rings is 1.